The van der Waals surface area contributed by atoms with Crippen LogP contribution in [0.4, 0.5) is 0 Å². The molecule has 0 saturated carbocycles. The van der Waals surface area contributed by atoms with Gasteiger partial charge in [-0.25, -0.2) is 0 Å². The van der Waals surface area contributed by atoms with Crippen LogP contribution in [-0.4, -0.2) is 22.6 Å². The minimum atomic E-state index is 0.600. The van der Waals surface area contributed by atoms with Crippen molar-refractivity contribution >= 4 is 0 Å². The van der Waals surface area contributed by atoms with E-state index in [0.29, 0.717) is 6.04 Å². The molecule has 0 spiro atoms. The Morgan fingerprint density at radius 3 is 3.00 bits per heavy atom. The van der Waals surface area contributed by atoms with E-state index < -0.39 is 0 Å². The summed E-state index contributed by atoms with van der Waals surface area (Å²) in [6.07, 6.45) is 8.95. The van der Waals surface area contributed by atoms with Gasteiger partial charge in [0.25, 0.3) is 0 Å². The highest BCUT2D eigenvalue weighted by Crippen LogP contribution is 2.15. The standard InChI is InChI=1S/C11H17N3/c1-9-2-3-10(14-7-9)6-11-8-12-4-5-13-11/h4-5,8-10,14H,2-3,6-7H2,1H3. The molecule has 1 fully saturated rings. The third kappa shape index (κ3) is 2.51. The summed E-state index contributed by atoms with van der Waals surface area (Å²) in [6.45, 7) is 3.44. The lowest BCUT2D eigenvalue weighted by Crippen LogP contribution is -2.39. The monoisotopic (exact) mass is 191 g/mol. The maximum atomic E-state index is 4.29. The van der Waals surface area contributed by atoms with Gasteiger partial charge in [-0.2, -0.15) is 0 Å². The molecule has 0 aromatic carbocycles. The van der Waals surface area contributed by atoms with Crippen LogP contribution in [0.15, 0.2) is 18.6 Å². The summed E-state index contributed by atoms with van der Waals surface area (Å²) in [6, 6.07) is 0.600. The SMILES string of the molecule is CC1CCC(Cc2cnccn2)NC1. The zero-order chi connectivity index (χ0) is 9.80. The first kappa shape index (κ1) is 9.59. The molecular formula is C11H17N3. The molecular weight excluding hydrogens is 174 g/mol. The van der Waals surface area contributed by atoms with Gasteiger partial charge >= 0.3 is 0 Å². The molecule has 3 heteroatoms. The molecule has 0 radical (unpaired) electrons. The molecule has 1 aliphatic heterocycles. The molecule has 1 aromatic rings. The summed E-state index contributed by atoms with van der Waals surface area (Å²) in [5, 5.41) is 3.55. The number of nitrogens with one attached hydrogen (secondary N) is 1. The van der Waals surface area contributed by atoms with Gasteiger partial charge in [-0.3, -0.25) is 9.97 Å². The molecule has 2 rings (SSSR count). The Morgan fingerprint density at radius 2 is 2.36 bits per heavy atom. The normalized spacial score (nSPS) is 27.5. The molecule has 0 amide bonds. The van der Waals surface area contributed by atoms with E-state index in [-0.39, 0.29) is 0 Å². The Kier molecular flexibility index (Phi) is 3.09. The van der Waals surface area contributed by atoms with Gasteiger partial charge in [-0.15, -0.1) is 0 Å². The summed E-state index contributed by atoms with van der Waals surface area (Å²) in [7, 11) is 0. The molecule has 2 atom stereocenters. The summed E-state index contributed by atoms with van der Waals surface area (Å²) < 4.78 is 0. The lowest BCUT2D eigenvalue weighted by molar-refractivity contribution is 0.324. The zero-order valence-electron chi connectivity index (χ0n) is 8.61. The largest absolute Gasteiger partial charge is 0.313 e. The van der Waals surface area contributed by atoms with Gasteiger partial charge in [-0.1, -0.05) is 6.92 Å². The van der Waals surface area contributed by atoms with Crippen LogP contribution in [0.5, 0.6) is 0 Å². The number of piperidine rings is 1. The minimum absolute atomic E-state index is 0.600. The van der Waals surface area contributed by atoms with Crippen LogP contribution in [0.3, 0.4) is 0 Å². The van der Waals surface area contributed by atoms with Crippen molar-refractivity contribution in [1.29, 1.82) is 0 Å². The van der Waals surface area contributed by atoms with E-state index in [2.05, 4.69) is 22.2 Å². The van der Waals surface area contributed by atoms with Crippen molar-refractivity contribution in [1.82, 2.24) is 15.3 Å². The molecule has 76 valence electrons. The number of hydrogen-bond donors (Lipinski definition) is 1. The second-order valence-corrected chi connectivity index (χ2v) is 4.19. The lowest BCUT2D eigenvalue weighted by atomic mass is 9.94. The molecule has 1 aliphatic rings. The van der Waals surface area contributed by atoms with Gasteiger partial charge < -0.3 is 5.32 Å². The van der Waals surface area contributed by atoms with Gasteiger partial charge in [0.15, 0.2) is 0 Å². The van der Waals surface area contributed by atoms with E-state index in [1.54, 1.807) is 12.4 Å². The van der Waals surface area contributed by atoms with Gasteiger partial charge in [-0.05, 0) is 25.3 Å². The van der Waals surface area contributed by atoms with E-state index in [9.17, 15) is 0 Å². The summed E-state index contributed by atoms with van der Waals surface area (Å²) in [5.74, 6) is 0.827. The average molecular weight is 191 g/mol. The van der Waals surface area contributed by atoms with Crippen LogP contribution in [0.2, 0.25) is 0 Å². The highest BCUT2D eigenvalue weighted by atomic mass is 14.9. The van der Waals surface area contributed by atoms with E-state index >= 15 is 0 Å². The fraction of sp³-hybridized carbons (Fsp3) is 0.636. The van der Waals surface area contributed by atoms with Gasteiger partial charge in [0.2, 0.25) is 0 Å². The van der Waals surface area contributed by atoms with Gasteiger partial charge in [0, 0.05) is 31.1 Å². The Morgan fingerprint density at radius 1 is 1.43 bits per heavy atom. The maximum absolute atomic E-state index is 4.29. The van der Waals surface area contributed by atoms with Crippen molar-refractivity contribution in [3.05, 3.63) is 24.3 Å². The fourth-order valence-corrected chi connectivity index (χ4v) is 1.92. The van der Waals surface area contributed by atoms with E-state index in [1.807, 2.05) is 6.20 Å². The smallest absolute Gasteiger partial charge is 0.0602 e. The van der Waals surface area contributed by atoms with Crippen molar-refractivity contribution in [2.45, 2.75) is 32.2 Å². The van der Waals surface area contributed by atoms with Crippen molar-refractivity contribution < 1.29 is 0 Å². The van der Waals surface area contributed by atoms with Crippen LogP contribution in [0.25, 0.3) is 0 Å². The zero-order valence-corrected chi connectivity index (χ0v) is 8.61. The highest BCUT2D eigenvalue weighted by molar-refractivity contribution is 4.98. The minimum Gasteiger partial charge on any atom is -0.313 e. The molecule has 1 aromatic heterocycles. The Hall–Kier alpha value is -0.960. The van der Waals surface area contributed by atoms with Crippen LogP contribution < -0.4 is 5.32 Å². The topological polar surface area (TPSA) is 37.8 Å². The molecule has 1 saturated heterocycles. The van der Waals surface area contributed by atoms with Crippen molar-refractivity contribution in [3.63, 3.8) is 0 Å². The number of nitrogens with zero attached hydrogens (tertiary/aromatic N) is 2. The van der Waals surface area contributed by atoms with Crippen LogP contribution in [0, 0.1) is 5.92 Å². The second kappa shape index (κ2) is 4.51. The third-order valence-electron chi connectivity index (χ3n) is 2.84. The fourth-order valence-electron chi connectivity index (χ4n) is 1.92. The first-order valence-corrected chi connectivity index (χ1v) is 5.33. The molecule has 1 N–H and O–H groups in total. The van der Waals surface area contributed by atoms with E-state index in [4.69, 9.17) is 0 Å². The summed E-state index contributed by atoms with van der Waals surface area (Å²) in [5.41, 5.74) is 1.10. The number of hydrogen-bond acceptors (Lipinski definition) is 3. The summed E-state index contributed by atoms with van der Waals surface area (Å²) >= 11 is 0. The quantitative estimate of drug-likeness (QED) is 0.768. The molecule has 0 aliphatic carbocycles. The predicted molar refractivity (Wildman–Crippen MR) is 55.9 cm³/mol. The highest BCUT2D eigenvalue weighted by Gasteiger charge is 2.17. The van der Waals surface area contributed by atoms with Crippen LogP contribution in [-0.2, 0) is 6.42 Å². The van der Waals surface area contributed by atoms with E-state index in [1.165, 1.54) is 12.8 Å². The predicted octanol–water partition coefficient (Wildman–Crippen LogP) is 1.41. The Bertz CT molecular complexity index is 265. The second-order valence-electron chi connectivity index (χ2n) is 4.19. The van der Waals surface area contributed by atoms with E-state index in [0.717, 1.165) is 24.6 Å². The van der Waals surface area contributed by atoms with Crippen molar-refractivity contribution in [3.8, 4) is 0 Å². The molecule has 2 unspecified atom stereocenters. The average Bonchev–Trinajstić information content (AvgIpc) is 2.23. The molecule has 0 bridgehead atoms. The lowest BCUT2D eigenvalue weighted by Gasteiger charge is -2.27. The van der Waals surface area contributed by atoms with Gasteiger partial charge in [0.05, 0.1) is 5.69 Å². The molecule has 2 heterocycles. The third-order valence-corrected chi connectivity index (χ3v) is 2.84. The number of aromatic nitrogens is 2. The van der Waals surface area contributed by atoms with Crippen LogP contribution >= 0.6 is 0 Å². The number of rotatable bonds is 2. The maximum Gasteiger partial charge on any atom is 0.0602 e. The first-order chi connectivity index (χ1) is 6.84. The van der Waals surface area contributed by atoms with Crippen molar-refractivity contribution in [2.75, 3.05) is 6.54 Å². The van der Waals surface area contributed by atoms with Gasteiger partial charge in [0.1, 0.15) is 0 Å². The van der Waals surface area contributed by atoms with Crippen LogP contribution in [0.1, 0.15) is 25.5 Å². The first-order valence-electron chi connectivity index (χ1n) is 5.33. The Balaban J connectivity index is 1.87. The van der Waals surface area contributed by atoms with Crippen molar-refractivity contribution in [2.24, 2.45) is 5.92 Å². The molecule has 3 nitrogen and oxygen atoms in total. The summed E-state index contributed by atoms with van der Waals surface area (Å²) in [4.78, 5) is 8.36. The molecule has 14 heavy (non-hydrogen) atoms. The Labute approximate surface area is 85.0 Å².